The van der Waals surface area contributed by atoms with E-state index in [9.17, 15) is 32.7 Å². The normalized spacial score (nSPS) is 16.1. The molecule has 0 aliphatic heterocycles. The monoisotopic (exact) mass is 648 g/mol. The number of alkyl halides is 3. The number of benzene rings is 3. The molecule has 13 heteroatoms. The first kappa shape index (κ1) is 32.8. The molecule has 47 heavy (non-hydrogen) atoms. The number of hydrogen-bond donors (Lipinski definition) is 4. The molecule has 4 N–H and O–H groups in total. The molecular formula is C34H31F3N4O6. The summed E-state index contributed by atoms with van der Waals surface area (Å²) in [5, 5.41) is 17.2. The van der Waals surface area contributed by atoms with E-state index in [0.29, 0.717) is 48.6 Å². The molecule has 1 aliphatic rings. The van der Waals surface area contributed by atoms with Crippen molar-refractivity contribution >= 4 is 29.3 Å². The Bertz CT molecular complexity index is 1710. The summed E-state index contributed by atoms with van der Waals surface area (Å²) >= 11 is 0. The van der Waals surface area contributed by atoms with E-state index in [2.05, 4.69) is 20.9 Å². The molecule has 0 saturated heterocycles. The number of urea groups is 1. The highest BCUT2D eigenvalue weighted by Gasteiger charge is 2.30. The Morgan fingerprint density at radius 3 is 2.26 bits per heavy atom. The first-order valence-corrected chi connectivity index (χ1v) is 14.8. The van der Waals surface area contributed by atoms with Crippen LogP contribution >= 0.6 is 0 Å². The molecule has 0 atom stereocenters. The van der Waals surface area contributed by atoms with E-state index in [1.807, 2.05) is 0 Å². The fourth-order valence-electron chi connectivity index (χ4n) is 5.08. The molecule has 0 bridgehead atoms. The van der Waals surface area contributed by atoms with Gasteiger partial charge < -0.3 is 30.5 Å². The van der Waals surface area contributed by atoms with E-state index in [0.717, 1.165) is 12.1 Å². The Kier molecular flexibility index (Phi) is 10.2. The van der Waals surface area contributed by atoms with E-state index < -0.39 is 23.7 Å². The molecule has 0 spiro atoms. The Morgan fingerprint density at radius 2 is 1.57 bits per heavy atom. The predicted octanol–water partition coefficient (Wildman–Crippen LogP) is 7.28. The van der Waals surface area contributed by atoms with Gasteiger partial charge in [-0.15, -0.1) is 0 Å². The second kappa shape index (κ2) is 14.7. The number of nitrogens with zero attached hydrogens (tertiary/aromatic N) is 1. The number of halogens is 3. The number of rotatable bonds is 10. The summed E-state index contributed by atoms with van der Waals surface area (Å²) in [6.07, 6.45) is -0.361. The molecular weight excluding hydrogens is 617 g/mol. The SMILES string of the molecule is O=C(Cc1ccc(Oc2ccc(OC3CCC(NC(=O)Nc4cccc(C(F)(F)F)c4)CC3)cc2)nc1)Nc1ccccc1C(=O)O. The highest BCUT2D eigenvalue weighted by Crippen LogP contribution is 2.31. The van der Waals surface area contributed by atoms with Crippen molar-refractivity contribution in [1.29, 1.82) is 0 Å². The number of carboxylic acid groups (broad SMARTS) is 1. The molecule has 1 aliphatic carbocycles. The average molecular weight is 649 g/mol. The van der Waals surface area contributed by atoms with Crippen LogP contribution in [0, 0.1) is 0 Å². The van der Waals surface area contributed by atoms with Gasteiger partial charge in [0, 0.05) is 24.0 Å². The summed E-state index contributed by atoms with van der Waals surface area (Å²) < 4.78 is 50.7. The Morgan fingerprint density at radius 1 is 0.851 bits per heavy atom. The van der Waals surface area contributed by atoms with Crippen LogP contribution in [-0.4, -0.2) is 40.1 Å². The van der Waals surface area contributed by atoms with E-state index >= 15 is 0 Å². The second-order valence-electron chi connectivity index (χ2n) is 10.9. The maximum absolute atomic E-state index is 12.9. The fraction of sp³-hybridized carbons (Fsp3) is 0.235. The summed E-state index contributed by atoms with van der Waals surface area (Å²) in [4.78, 5) is 40.4. The molecule has 5 rings (SSSR count). The highest BCUT2D eigenvalue weighted by atomic mass is 19.4. The molecule has 0 unspecified atom stereocenters. The number of anilines is 2. The molecule has 1 aromatic heterocycles. The van der Waals surface area contributed by atoms with Gasteiger partial charge in [0.2, 0.25) is 11.8 Å². The summed E-state index contributed by atoms with van der Waals surface area (Å²) in [7, 11) is 0. The minimum absolute atomic E-state index is 0.00173. The molecule has 1 heterocycles. The zero-order chi connectivity index (χ0) is 33.4. The summed E-state index contributed by atoms with van der Waals surface area (Å²) in [6.45, 7) is 0. The van der Waals surface area contributed by atoms with Gasteiger partial charge >= 0.3 is 18.2 Å². The lowest BCUT2D eigenvalue weighted by Crippen LogP contribution is -2.41. The minimum Gasteiger partial charge on any atom is -0.490 e. The largest absolute Gasteiger partial charge is 0.490 e. The van der Waals surface area contributed by atoms with Crippen molar-refractivity contribution < 1.29 is 42.1 Å². The van der Waals surface area contributed by atoms with Gasteiger partial charge in [-0.05, 0) is 85.8 Å². The minimum atomic E-state index is -4.49. The molecule has 3 aromatic carbocycles. The number of para-hydroxylation sites is 1. The van der Waals surface area contributed by atoms with E-state index in [1.165, 1.54) is 30.5 Å². The molecule has 10 nitrogen and oxygen atoms in total. The van der Waals surface area contributed by atoms with Crippen LogP contribution in [0.25, 0.3) is 0 Å². The zero-order valence-electron chi connectivity index (χ0n) is 24.9. The summed E-state index contributed by atoms with van der Waals surface area (Å²) in [6, 6.07) is 20.3. The number of pyridine rings is 1. The van der Waals surface area contributed by atoms with Crippen LogP contribution in [0.2, 0.25) is 0 Å². The molecule has 0 radical (unpaired) electrons. The molecule has 1 fully saturated rings. The fourth-order valence-corrected chi connectivity index (χ4v) is 5.08. The third kappa shape index (κ3) is 9.45. The second-order valence-corrected chi connectivity index (χ2v) is 10.9. The molecule has 4 aromatic rings. The van der Waals surface area contributed by atoms with Crippen molar-refractivity contribution in [3.05, 3.63) is 108 Å². The average Bonchev–Trinajstić information content (AvgIpc) is 3.04. The third-order valence-electron chi connectivity index (χ3n) is 7.40. The Balaban J connectivity index is 1.04. The van der Waals surface area contributed by atoms with Crippen LogP contribution in [0.5, 0.6) is 17.4 Å². The maximum atomic E-state index is 12.9. The molecule has 244 valence electrons. The lowest BCUT2D eigenvalue weighted by molar-refractivity contribution is -0.137. The number of amides is 3. The predicted molar refractivity (Wildman–Crippen MR) is 167 cm³/mol. The summed E-state index contributed by atoms with van der Waals surface area (Å²) in [5.41, 5.74) is 0.0726. The quantitative estimate of drug-likeness (QED) is 0.142. The standard InChI is InChI=1S/C34H31F3N4O6/c35-34(36,37)22-4-3-5-24(19-22)40-33(45)39-23-9-11-25(12-10-23)46-26-13-15-27(16-14-26)47-31-17-8-21(20-38-31)18-30(42)41-29-7-2-1-6-28(29)32(43)44/h1-8,13-17,19-20,23,25H,9-12,18H2,(H,41,42)(H,43,44)(H2,39,40,45). The van der Waals surface area contributed by atoms with Crippen molar-refractivity contribution in [2.45, 2.75) is 50.4 Å². The van der Waals surface area contributed by atoms with E-state index in [1.54, 1.807) is 48.5 Å². The number of carbonyl (C=O) groups is 3. The van der Waals surface area contributed by atoms with Crippen LogP contribution in [0.1, 0.15) is 47.2 Å². The number of aromatic carboxylic acids is 1. The van der Waals surface area contributed by atoms with Crippen LogP contribution in [0.4, 0.5) is 29.3 Å². The number of hydrogen-bond acceptors (Lipinski definition) is 6. The van der Waals surface area contributed by atoms with Gasteiger partial charge in [0.05, 0.1) is 29.3 Å². The Labute approximate surface area is 267 Å². The van der Waals surface area contributed by atoms with Crippen LogP contribution in [0.3, 0.4) is 0 Å². The van der Waals surface area contributed by atoms with Crippen molar-refractivity contribution in [3.63, 3.8) is 0 Å². The lowest BCUT2D eigenvalue weighted by Gasteiger charge is -2.29. The van der Waals surface area contributed by atoms with Crippen LogP contribution < -0.4 is 25.4 Å². The lowest BCUT2D eigenvalue weighted by atomic mass is 9.93. The topological polar surface area (TPSA) is 139 Å². The number of ether oxygens (including phenoxy) is 2. The van der Waals surface area contributed by atoms with Gasteiger partial charge in [-0.3, -0.25) is 4.79 Å². The van der Waals surface area contributed by atoms with Gasteiger partial charge in [0.1, 0.15) is 11.5 Å². The van der Waals surface area contributed by atoms with Gasteiger partial charge in [0.15, 0.2) is 0 Å². The van der Waals surface area contributed by atoms with Gasteiger partial charge in [0.25, 0.3) is 0 Å². The molecule has 3 amide bonds. The Hall–Kier alpha value is -5.59. The highest BCUT2D eigenvalue weighted by molar-refractivity contribution is 6.01. The van der Waals surface area contributed by atoms with Crippen molar-refractivity contribution in [2.75, 3.05) is 10.6 Å². The van der Waals surface area contributed by atoms with Gasteiger partial charge in [-0.2, -0.15) is 13.2 Å². The van der Waals surface area contributed by atoms with Crippen LogP contribution in [0.15, 0.2) is 91.1 Å². The van der Waals surface area contributed by atoms with Crippen molar-refractivity contribution in [1.82, 2.24) is 10.3 Å². The van der Waals surface area contributed by atoms with Gasteiger partial charge in [-0.1, -0.05) is 24.3 Å². The van der Waals surface area contributed by atoms with Gasteiger partial charge in [-0.25, -0.2) is 14.6 Å². The number of carbonyl (C=O) groups excluding carboxylic acids is 2. The third-order valence-corrected chi connectivity index (χ3v) is 7.40. The number of carboxylic acids is 1. The van der Waals surface area contributed by atoms with E-state index in [4.69, 9.17) is 9.47 Å². The summed E-state index contributed by atoms with van der Waals surface area (Å²) in [5.74, 6) is -0.0168. The van der Waals surface area contributed by atoms with Crippen molar-refractivity contribution in [3.8, 4) is 17.4 Å². The molecule has 1 saturated carbocycles. The van der Waals surface area contributed by atoms with Crippen molar-refractivity contribution in [2.24, 2.45) is 0 Å². The maximum Gasteiger partial charge on any atom is 0.416 e. The smallest absolute Gasteiger partial charge is 0.416 e. The van der Waals surface area contributed by atoms with E-state index in [-0.39, 0.29) is 41.4 Å². The first-order valence-electron chi connectivity index (χ1n) is 14.8. The first-order chi connectivity index (χ1) is 22.5. The number of nitrogens with one attached hydrogen (secondary N) is 3. The number of aromatic nitrogens is 1. The van der Waals surface area contributed by atoms with Crippen LogP contribution in [-0.2, 0) is 17.4 Å². The zero-order valence-corrected chi connectivity index (χ0v) is 24.9.